The fourth-order valence-electron chi connectivity index (χ4n) is 2.96. The molecule has 0 atom stereocenters. The lowest BCUT2D eigenvalue weighted by molar-refractivity contribution is 0.475. The third kappa shape index (κ3) is 4.35. The van der Waals surface area contributed by atoms with Crippen molar-refractivity contribution in [3.8, 4) is 16.3 Å². The second-order valence-corrected chi connectivity index (χ2v) is 7.42. The van der Waals surface area contributed by atoms with Gasteiger partial charge < -0.3 is 5.11 Å². The number of phenolic OH excluding ortho intramolecular Hbond substituents is 1. The van der Waals surface area contributed by atoms with Gasteiger partial charge in [0.25, 0.3) is 0 Å². The highest BCUT2D eigenvalue weighted by molar-refractivity contribution is 7.21. The van der Waals surface area contributed by atoms with E-state index in [1.807, 2.05) is 12.1 Å². The van der Waals surface area contributed by atoms with Crippen LogP contribution in [0.3, 0.4) is 0 Å². The topological polar surface area (TPSA) is 33.1 Å². The summed E-state index contributed by atoms with van der Waals surface area (Å²) in [5, 5.41) is 10.4. The second-order valence-electron chi connectivity index (χ2n) is 6.39. The predicted octanol–water partition coefficient (Wildman–Crippen LogP) is 6.57. The Morgan fingerprint density at radius 2 is 1.67 bits per heavy atom. The lowest BCUT2D eigenvalue weighted by Gasteiger charge is -2.02. The normalized spacial score (nSPS) is 11.2. The fourth-order valence-corrected chi connectivity index (χ4v) is 4.00. The zero-order valence-electron chi connectivity index (χ0n) is 14.3. The maximum atomic E-state index is 9.41. The molecule has 0 unspecified atom stereocenters. The number of aromatic nitrogens is 1. The van der Waals surface area contributed by atoms with E-state index in [0.29, 0.717) is 5.75 Å². The van der Waals surface area contributed by atoms with Crippen molar-refractivity contribution in [3.05, 3.63) is 48.0 Å². The number of thiazole rings is 1. The van der Waals surface area contributed by atoms with Crippen LogP contribution in [0.25, 0.3) is 20.8 Å². The first-order valence-electron chi connectivity index (χ1n) is 8.95. The van der Waals surface area contributed by atoms with Gasteiger partial charge in [-0.2, -0.15) is 0 Å². The summed E-state index contributed by atoms with van der Waals surface area (Å²) in [6, 6.07) is 13.9. The Morgan fingerprint density at radius 1 is 0.917 bits per heavy atom. The smallest absolute Gasteiger partial charge is 0.124 e. The number of nitrogens with zero attached hydrogens (tertiary/aromatic N) is 1. The number of phenols is 1. The van der Waals surface area contributed by atoms with Crippen molar-refractivity contribution in [2.24, 2.45) is 0 Å². The van der Waals surface area contributed by atoms with Crippen LogP contribution in [0, 0.1) is 0 Å². The second kappa shape index (κ2) is 8.29. The average Bonchev–Trinajstić information content (AvgIpc) is 3.02. The Kier molecular flexibility index (Phi) is 5.86. The molecule has 0 spiro atoms. The van der Waals surface area contributed by atoms with Crippen LogP contribution in [0.15, 0.2) is 42.5 Å². The molecule has 3 aromatic rings. The first-order valence-corrected chi connectivity index (χ1v) is 9.77. The molecule has 0 saturated carbocycles. The Hall–Kier alpha value is -1.87. The van der Waals surface area contributed by atoms with Crippen molar-refractivity contribution in [1.82, 2.24) is 4.98 Å². The molecule has 0 fully saturated rings. The molecule has 0 radical (unpaired) electrons. The molecule has 1 N–H and O–H groups in total. The zero-order chi connectivity index (χ0) is 16.8. The molecule has 0 aliphatic heterocycles. The van der Waals surface area contributed by atoms with Gasteiger partial charge in [0.1, 0.15) is 10.8 Å². The van der Waals surface area contributed by atoms with E-state index in [-0.39, 0.29) is 0 Å². The van der Waals surface area contributed by atoms with E-state index in [4.69, 9.17) is 4.98 Å². The van der Waals surface area contributed by atoms with E-state index >= 15 is 0 Å². The molecule has 126 valence electrons. The minimum atomic E-state index is 0.293. The van der Waals surface area contributed by atoms with Crippen LogP contribution in [-0.2, 0) is 6.42 Å². The van der Waals surface area contributed by atoms with Crippen LogP contribution in [0.1, 0.15) is 51.0 Å². The first-order chi connectivity index (χ1) is 11.8. The monoisotopic (exact) mass is 339 g/mol. The van der Waals surface area contributed by atoms with Gasteiger partial charge in [0.15, 0.2) is 0 Å². The summed E-state index contributed by atoms with van der Waals surface area (Å²) in [7, 11) is 0. The molecular formula is C21H25NOS. The van der Waals surface area contributed by atoms with Crippen molar-refractivity contribution in [1.29, 1.82) is 0 Å². The molecule has 24 heavy (non-hydrogen) atoms. The largest absolute Gasteiger partial charge is 0.508 e. The van der Waals surface area contributed by atoms with E-state index in [2.05, 4.69) is 25.1 Å². The molecule has 1 heterocycles. The van der Waals surface area contributed by atoms with Crippen molar-refractivity contribution in [2.45, 2.75) is 51.9 Å². The third-order valence-electron chi connectivity index (χ3n) is 4.39. The number of benzene rings is 2. The van der Waals surface area contributed by atoms with Crippen LogP contribution in [0.4, 0.5) is 0 Å². The summed E-state index contributed by atoms with van der Waals surface area (Å²) >= 11 is 1.73. The summed E-state index contributed by atoms with van der Waals surface area (Å²) < 4.78 is 1.25. The molecule has 2 nitrogen and oxygen atoms in total. The van der Waals surface area contributed by atoms with E-state index in [0.717, 1.165) is 22.5 Å². The SMILES string of the molecule is CCCCCCCCc1ccc2nc(-c3ccc(O)cc3)sc2c1. The molecule has 1 aromatic heterocycles. The van der Waals surface area contributed by atoms with Crippen LogP contribution in [0.5, 0.6) is 5.75 Å². The fraction of sp³-hybridized carbons (Fsp3) is 0.381. The van der Waals surface area contributed by atoms with Gasteiger partial charge in [-0.15, -0.1) is 11.3 Å². The minimum absolute atomic E-state index is 0.293. The molecular weight excluding hydrogens is 314 g/mol. The summed E-state index contributed by atoms with van der Waals surface area (Å²) in [6.45, 7) is 2.26. The lowest BCUT2D eigenvalue weighted by atomic mass is 10.0. The maximum Gasteiger partial charge on any atom is 0.124 e. The van der Waals surface area contributed by atoms with Gasteiger partial charge in [-0.3, -0.25) is 0 Å². The quantitative estimate of drug-likeness (QED) is 0.471. The Labute approximate surface area is 148 Å². The summed E-state index contributed by atoms with van der Waals surface area (Å²) in [5.74, 6) is 0.293. The van der Waals surface area contributed by atoms with E-state index in [1.165, 1.54) is 48.8 Å². The number of hydrogen-bond acceptors (Lipinski definition) is 3. The summed E-state index contributed by atoms with van der Waals surface area (Å²) in [5.41, 5.74) is 3.54. The summed E-state index contributed by atoms with van der Waals surface area (Å²) in [4.78, 5) is 4.72. The molecule has 3 rings (SSSR count). The number of fused-ring (bicyclic) bond motifs is 1. The van der Waals surface area contributed by atoms with E-state index in [9.17, 15) is 5.11 Å². The number of hydrogen-bond donors (Lipinski definition) is 1. The van der Waals surface area contributed by atoms with Gasteiger partial charge in [-0.05, 0) is 54.8 Å². The molecule has 0 bridgehead atoms. The first kappa shape index (κ1) is 17.0. The van der Waals surface area contributed by atoms with Gasteiger partial charge >= 0.3 is 0 Å². The Bertz CT molecular complexity index is 776. The molecule has 0 aliphatic carbocycles. The highest BCUT2D eigenvalue weighted by atomic mass is 32.1. The van der Waals surface area contributed by atoms with Gasteiger partial charge in [0.05, 0.1) is 10.2 Å². The molecule has 0 saturated heterocycles. The van der Waals surface area contributed by atoms with Crippen LogP contribution in [-0.4, -0.2) is 10.1 Å². The lowest BCUT2D eigenvalue weighted by Crippen LogP contribution is -1.86. The summed E-state index contributed by atoms with van der Waals surface area (Å²) in [6.07, 6.45) is 9.19. The van der Waals surface area contributed by atoms with Gasteiger partial charge in [0.2, 0.25) is 0 Å². The van der Waals surface area contributed by atoms with Crippen LogP contribution in [0.2, 0.25) is 0 Å². The average molecular weight is 340 g/mol. The Morgan fingerprint density at radius 3 is 2.46 bits per heavy atom. The zero-order valence-corrected chi connectivity index (χ0v) is 15.1. The van der Waals surface area contributed by atoms with Crippen LogP contribution < -0.4 is 0 Å². The maximum absolute atomic E-state index is 9.41. The van der Waals surface area contributed by atoms with Crippen molar-refractivity contribution >= 4 is 21.6 Å². The minimum Gasteiger partial charge on any atom is -0.508 e. The highest BCUT2D eigenvalue weighted by Gasteiger charge is 2.07. The number of unbranched alkanes of at least 4 members (excludes halogenated alkanes) is 5. The number of aromatic hydroxyl groups is 1. The van der Waals surface area contributed by atoms with Crippen molar-refractivity contribution in [3.63, 3.8) is 0 Å². The number of aryl methyl sites for hydroxylation is 1. The van der Waals surface area contributed by atoms with Crippen molar-refractivity contribution < 1.29 is 5.11 Å². The van der Waals surface area contributed by atoms with Gasteiger partial charge in [-0.1, -0.05) is 45.1 Å². The molecule has 0 aliphatic rings. The van der Waals surface area contributed by atoms with E-state index in [1.54, 1.807) is 23.5 Å². The third-order valence-corrected chi connectivity index (χ3v) is 5.45. The highest BCUT2D eigenvalue weighted by Crippen LogP contribution is 2.31. The predicted molar refractivity (Wildman–Crippen MR) is 104 cm³/mol. The van der Waals surface area contributed by atoms with Gasteiger partial charge in [0, 0.05) is 5.56 Å². The molecule has 3 heteroatoms. The molecule has 0 amide bonds. The van der Waals surface area contributed by atoms with Crippen LogP contribution >= 0.6 is 11.3 Å². The van der Waals surface area contributed by atoms with Gasteiger partial charge in [-0.25, -0.2) is 4.98 Å². The molecule has 2 aromatic carbocycles. The number of rotatable bonds is 8. The Balaban J connectivity index is 1.64. The van der Waals surface area contributed by atoms with E-state index < -0.39 is 0 Å². The van der Waals surface area contributed by atoms with Crippen molar-refractivity contribution in [2.75, 3.05) is 0 Å². The standard InChI is InChI=1S/C21H25NOS/c1-2-3-4-5-6-7-8-16-9-14-19-20(15-16)24-21(22-19)17-10-12-18(23)13-11-17/h9-15,23H,2-8H2,1H3.